The molecule has 1 rings (SSSR count). The van der Waals surface area contributed by atoms with Crippen LogP contribution in [0.15, 0.2) is 12.4 Å². The van der Waals surface area contributed by atoms with Crippen molar-refractivity contribution in [1.82, 2.24) is 15.0 Å². The van der Waals surface area contributed by atoms with Crippen molar-refractivity contribution >= 4 is 5.91 Å². The topological polar surface area (TPSA) is 106 Å². The van der Waals surface area contributed by atoms with Gasteiger partial charge in [0.1, 0.15) is 12.1 Å². The van der Waals surface area contributed by atoms with Gasteiger partial charge in [0.15, 0.2) is 0 Å². The Labute approximate surface area is 86.4 Å². The number of nitrogens with one attached hydrogen (secondary N) is 1. The van der Waals surface area contributed by atoms with Gasteiger partial charge in [0, 0.05) is 19.5 Å². The van der Waals surface area contributed by atoms with Crippen molar-refractivity contribution in [1.29, 1.82) is 5.26 Å². The zero-order valence-corrected chi connectivity index (χ0v) is 8.17. The SMILES string of the molecule is COCC(C(=O)NN)n1ccnc1C#N. The Kier molecular flexibility index (Phi) is 3.79. The summed E-state index contributed by atoms with van der Waals surface area (Å²) in [6, 6.07) is 1.19. The lowest BCUT2D eigenvalue weighted by Crippen LogP contribution is -2.39. The van der Waals surface area contributed by atoms with Gasteiger partial charge >= 0.3 is 0 Å². The Morgan fingerprint density at radius 1 is 1.93 bits per heavy atom. The highest BCUT2D eigenvalue weighted by Gasteiger charge is 2.21. The summed E-state index contributed by atoms with van der Waals surface area (Å²) in [4.78, 5) is 15.2. The Morgan fingerprint density at radius 3 is 3.20 bits per heavy atom. The van der Waals surface area contributed by atoms with E-state index >= 15 is 0 Å². The van der Waals surface area contributed by atoms with Crippen LogP contribution in [0.5, 0.6) is 0 Å². The molecule has 80 valence electrons. The van der Waals surface area contributed by atoms with E-state index in [0.717, 1.165) is 0 Å². The number of amides is 1. The zero-order valence-electron chi connectivity index (χ0n) is 8.17. The molecule has 7 nitrogen and oxygen atoms in total. The van der Waals surface area contributed by atoms with E-state index < -0.39 is 11.9 Å². The van der Waals surface area contributed by atoms with Crippen molar-refractivity contribution in [2.45, 2.75) is 6.04 Å². The van der Waals surface area contributed by atoms with Crippen LogP contribution in [0.4, 0.5) is 0 Å². The molecule has 0 aliphatic heterocycles. The van der Waals surface area contributed by atoms with Crippen LogP contribution in [0.2, 0.25) is 0 Å². The number of nitrogens with two attached hydrogens (primary N) is 1. The molecule has 1 amide bonds. The monoisotopic (exact) mass is 209 g/mol. The van der Waals surface area contributed by atoms with Crippen molar-refractivity contribution in [2.75, 3.05) is 13.7 Å². The number of rotatable bonds is 4. The van der Waals surface area contributed by atoms with Crippen LogP contribution < -0.4 is 11.3 Å². The first-order valence-corrected chi connectivity index (χ1v) is 4.17. The Bertz CT molecular complexity index is 381. The minimum atomic E-state index is -0.683. The molecular weight excluding hydrogens is 198 g/mol. The first kappa shape index (κ1) is 11.2. The number of ether oxygens (including phenoxy) is 1. The fraction of sp³-hybridized carbons (Fsp3) is 0.375. The molecule has 7 heteroatoms. The van der Waals surface area contributed by atoms with Gasteiger partial charge in [-0.2, -0.15) is 5.26 Å². The summed E-state index contributed by atoms with van der Waals surface area (Å²) >= 11 is 0. The number of hydrogen-bond acceptors (Lipinski definition) is 5. The molecule has 0 radical (unpaired) electrons. The van der Waals surface area contributed by atoms with E-state index in [1.54, 1.807) is 0 Å². The molecular formula is C8H11N5O2. The predicted octanol–water partition coefficient (Wildman–Crippen LogP) is -1.07. The molecule has 0 aliphatic rings. The van der Waals surface area contributed by atoms with Crippen molar-refractivity contribution in [3.05, 3.63) is 18.2 Å². The lowest BCUT2D eigenvalue weighted by molar-refractivity contribution is -0.125. The summed E-state index contributed by atoms with van der Waals surface area (Å²) in [6.07, 6.45) is 2.96. The Balaban J connectivity index is 2.99. The summed E-state index contributed by atoms with van der Waals surface area (Å²) in [5, 5.41) is 8.74. The van der Waals surface area contributed by atoms with Gasteiger partial charge in [-0.25, -0.2) is 10.8 Å². The molecule has 1 unspecified atom stereocenters. The first-order chi connectivity index (χ1) is 7.24. The van der Waals surface area contributed by atoms with E-state index in [-0.39, 0.29) is 12.4 Å². The highest BCUT2D eigenvalue weighted by molar-refractivity contribution is 5.80. The molecule has 0 spiro atoms. The standard InChI is InChI=1S/C8H11N5O2/c1-15-5-6(8(14)12-10)13-3-2-11-7(13)4-9/h2-3,6H,5,10H2,1H3,(H,12,14). The number of hydrazine groups is 1. The van der Waals surface area contributed by atoms with Gasteiger partial charge in [0.25, 0.3) is 5.91 Å². The molecule has 1 heterocycles. The zero-order chi connectivity index (χ0) is 11.3. The van der Waals surface area contributed by atoms with Gasteiger partial charge < -0.3 is 9.30 Å². The van der Waals surface area contributed by atoms with Crippen LogP contribution in [-0.2, 0) is 9.53 Å². The van der Waals surface area contributed by atoms with E-state index in [1.807, 2.05) is 11.5 Å². The summed E-state index contributed by atoms with van der Waals surface area (Å²) in [7, 11) is 1.46. The van der Waals surface area contributed by atoms with Crippen LogP contribution in [0.1, 0.15) is 11.9 Å². The van der Waals surface area contributed by atoms with Crippen LogP contribution in [0.3, 0.4) is 0 Å². The summed E-state index contributed by atoms with van der Waals surface area (Å²) in [5.41, 5.74) is 2.01. The number of methoxy groups -OCH3 is 1. The van der Waals surface area contributed by atoms with Crippen molar-refractivity contribution in [3.63, 3.8) is 0 Å². The average Bonchev–Trinajstić information content (AvgIpc) is 2.72. The second-order valence-corrected chi connectivity index (χ2v) is 2.75. The van der Waals surface area contributed by atoms with E-state index in [9.17, 15) is 4.79 Å². The molecule has 1 aromatic heterocycles. The second kappa shape index (κ2) is 5.09. The third-order valence-electron chi connectivity index (χ3n) is 1.87. The van der Waals surface area contributed by atoms with E-state index in [0.29, 0.717) is 0 Å². The molecule has 3 N–H and O–H groups in total. The van der Waals surface area contributed by atoms with Crippen molar-refractivity contribution < 1.29 is 9.53 Å². The van der Waals surface area contributed by atoms with Gasteiger partial charge in [-0.1, -0.05) is 0 Å². The van der Waals surface area contributed by atoms with E-state index in [4.69, 9.17) is 15.8 Å². The first-order valence-electron chi connectivity index (χ1n) is 4.17. The maximum atomic E-state index is 11.4. The lowest BCUT2D eigenvalue weighted by atomic mass is 10.3. The summed E-state index contributed by atoms with van der Waals surface area (Å²) < 4.78 is 6.28. The predicted molar refractivity (Wildman–Crippen MR) is 50.2 cm³/mol. The number of carbonyl (C=O) groups is 1. The highest BCUT2D eigenvalue weighted by Crippen LogP contribution is 2.09. The van der Waals surface area contributed by atoms with Gasteiger partial charge in [-0.05, 0) is 0 Å². The Hall–Kier alpha value is -1.91. The van der Waals surface area contributed by atoms with Gasteiger partial charge in [0.05, 0.1) is 6.61 Å². The lowest BCUT2D eigenvalue weighted by Gasteiger charge is -2.16. The maximum absolute atomic E-state index is 11.4. The summed E-state index contributed by atoms with van der Waals surface area (Å²) in [5.74, 6) is 4.73. The third-order valence-corrected chi connectivity index (χ3v) is 1.87. The number of nitrogens with zero attached hydrogens (tertiary/aromatic N) is 3. The van der Waals surface area contributed by atoms with Crippen molar-refractivity contribution in [2.24, 2.45) is 5.84 Å². The normalized spacial score (nSPS) is 11.8. The van der Waals surface area contributed by atoms with Gasteiger partial charge in [-0.15, -0.1) is 0 Å². The van der Waals surface area contributed by atoms with E-state index in [2.05, 4.69) is 4.98 Å². The molecule has 1 aromatic rings. The minimum Gasteiger partial charge on any atom is -0.382 e. The number of imidazole rings is 1. The average molecular weight is 209 g/mol. The number of nitriles is 1. The Morgan fingerprint density at radius 2 is 2.67 bits per heavy atom. The molecule has 15 heavy (non-hydrogen) atoms. The fourth-order valence-electron chi connectivity index (χ4n) is 1.19. The molecule has 0 saturated carbocycles. The molecule has 0 saturated heterocycles. The van der Waals surface area contributed by atoms with Gasteiger partial charge in [0.2, 0.25) is 5.82 Å². The molecule has 0 aromatic carbocycles. The smallest absolute Gasteiger partial charge is 0.259 e. The second-order valence-electron chi connectivity index (χ2n) is 2.75. The maximum Gasteiger partial charge on any atom is 0.259 e. The molecule has 0 aliphatic carbocycles. The highest BCUT2D eigenvalue weighted by atomic mass is 16.5. The van der Waals surface area contributed by atoms with Crippen LogP contribution in [0, 0.1) is 11.3 Å². The van der Waals surface area contributed by atoms with Crippen LogP contribution >= 0.6 is 0 Å². The molecule has 0 fully saturated rings. The number of carbonyl (C=O) groups excluding carboxylic acids is 1. The molecule has 1 atom stereocenters. The van der Waals surface area contributed by atoms with E-state index in [1.165, 1.54) is 24.1 Å². The largest absolute Gasteiger partial charge is 0.382 e. The van der Waals surface area contributed by atoms with Gasteiger partial charge in [-0.3, -0.25) is 10.2 Å². The van der Waals surface area contributed by atoms with Crippen molar-refractivity contribution in [3.8, 4) is 6.07 Å². The summed E-state index contributed by atoms with van der Waals surface area (Å²) in [6.45, 7) is 0.119. The number of aromatic nitrogens is 2. The third kappa shape index (κ3) is 2.31. The fourth-order valence-corrected chi connectivity index (χ4v) is 1.19. The van der Waals surface area contributed by atoms with Crippen LogP contribution in [-0.4, -0.2) is 29.2 Å². The molecule has 0 bridgehead atoms. The van der Waals surface area contributed by atoms with Crippen LogP contribution in [0.25, 0.3) is 0 Å². The number of hydrogen-bond donors (Lipinski definition) is 2. The quantitative estimate of drug-likeness (QED) is 0.373. The minimum absolute atomic E-state index is 0.119.